The van der Waals surface area contributed by atoms with Crippen molar-refractivity contribution < 1.29 is 14.0 Å². The fourth-order valence-corrected chi connectivity index (χ4v) is 3.35. The summed E-state index contributed by atoms with van der Waals surface area (Å²) in [6.07, 6.45) is 0.856. The minimum absolute atomic E-state index is 0.0992. The van der Waals surface area contributed by atoms with E-state index in [2.05, 4.69) is 10.6 Å². The average Bonchev–Trinajstić information content (AvgIpc) is 2.58. The van der Waals surface area contributed by atoms with Gasteiger partial charge in [0, 0.05) is 23.5 Å². The maximum atomic E-state index is 13.0. The molecule has 0 saturated carbocycles. The lowest BCUT2D eigenvalue weighted by Gasteiger charge is -2.15. The summed E-state index contributed by atoms with van der Waals surface area (Å²) in [5.74, 6) is -0.190. The number of hydrogen-bond acceptors (Lipinski definition) is 3. The van der Waals surface area contributed by atoms with Gasteiger partial charge in [-0.05, 0) is 48.4 Å². The molecule has 0 spiro atoms. The van der Waals surface area contributed by atoms with Crippen LogP contribution in [0.2, 0.25) is 0 Å². The van der Waals surface area contributed by atoms with Gasteiger partial charge in [0.1, 0.15) is 5.82 Å². The van der Waals surface area contributed by atoms with Gasteiger partial charge >= 0.3 is 0 Å². The Balaban J connectivity index is 1.86. The molecule has 25 heavy (non-hydrogen) atoms. The van der Waals surface area contributed by atoms with E-state index in [0.717, 1.165) is 12.0 Å². The SMILES string of the molecule is CCC(SCC(=O)Nc1ccc(NC(C)=O)cc1)c1ccc(F)cc1. The second-order valence-electron chi connectivity index (χ2n) is 5.57. The first kappa shape index (κ1) is 19.0. The predicted octanol–water partition coefficient (Wildman–Crippen LogP) is 4.61. The van der Waals surface area contributed by atoms with Crippen LogP contribution in [-0.4, -0.2) is 17.6 Å². The van der Waals surface area contributed by atoms with Gasteiger partial charge in [-0.25, -0.2) is 4.39 Å². The van der Waals surface area contributed by atoms with E-state index in [-0.39, 0.29) is 22.9 Å². The number of benzene rings is 2. The van der Waals surface area contributed by atoms with Crippen molar-refractivity contribution >= 4 is 35.0 Å². The Bertz CT molecular complexity index is 717. The molecular weight excluding hydrogens is 339 g/mol. The summed E-state index contributed by atoms with van der Waals surface area (Å²) in [6.45, 7) is 3.48. The Morgan fingerprint density at radius 2 is 1.56 bits per heavy atom. The van der Waals surface area contributed by atoms with Crippen molar-refractivity contribution in [3.8, 4) is 0 Å². The summed E-state index contributed by atoms with van der Waals surface area (Å²) in [5, 5.41) is 5.65. The Labute approximate surface area is 151 Å². The van der Waals surface area contributed by atoms with Crippen LogP contribution in [0.3, 0.4) is 0 Å². The van der Waals surface area contributed by atoms with Crippen LogP contribution in [0.25, 0.3) is 0 Å². The van der Waals surface area contributed by atoms with Crippen LogP contribution in [0, 0.1) is 5.82 Å². The molecule has 2 aromatic rings. The minimum atomic E-state index is -0.260. The first-order valence-corrected chi connectivity index (χ1v) is 9.07. The standard InChI is InChI=1S/C19H21FN2O2S/c1-3-18(14-4-6-15(20)7-5-14)25-12-19(24)22-17-10-8-16(9-11-17)21-13(2)23/h4-11,18H,3,12H2,1-2H3,(H,21,23)(H,22,24). The second-order valence-corrected chi connectivity index (χ2v) is 6.76. The van der Waals surface area contributed by atoms with E-state index in [4.69, 9.17) is 0 Å². The van der Waals surface area contributed by atoms with E-state index in [0.29, 0.717) is 17.1 Å². The van der Waals surface area contributed by atoms with Crippen LogP contribution in [0.5, 0.6) is 0 Å². The molecule has 2 aromatic carbocycles. The molecule has 4 nitrogen and oxygen atoms in total. The zero-order chi connectivity index (χ0) is 18.2. The van der Waals surface area contributed by atoms with E-state index in [9.17, 15) is 14.0 Å². The molecule has 0 radical (unpaired) electrons. The Morgan fingerprint density at radius 3 is 2.08 bits per heavy atom. The van der Waals surface area contributed by atoms with Crippen molar-refractivity contribution in [2.45, 2.75) is 25.5 Å². The molecule has 0 saturated heterocycles. The molecule has 2 rings (SSSR count). The second kappa shape index (κ2) is 9.22. The monoisotopic (exact) mass is 360 g/mol. The molecule has 1 atom stereocenters. The molecule has 0 bridgehead atoms. The number of thioether (sulfide) groups is 1. The van der Waals surface area contributed by atoms with Gasteiger partial charge in [0.25, 0.3) is 0 Å². The van der Waals surface area contributed by atoms with Crippen molar-refractivity contribution in [2.24, 2.45) is 0 Å². The lowest BCUT2D eigenvalue weighted by Crippen LogP contribution is -2.15. The van der Waals surface area contributed by atoms with Crippen molar-refractivity contribution in [3.63, 3.8) is 0 Å². The van der Waals surface area contributed by atoms with Gasteiger partial charge in [0.05, 0.1) is 5.75 Å². The molecular formula is C19H21FN2O2S. The van der Waals surface area contributed by atoms with Crippen molar-refractivity contribution in [1.29, 1.82) is 0 Å². The highest BCUT2D eigenvalue weighted by Gasteiger charge is 2.13. The Kier molecular flexibility index (Phi) is 7.01. The Hall–Kier alpha value is -2.34. The molecule has 1 unspecified atom stereocenters. The number of carbonyl (C=O) groups is 2. The van der Waals surface area contributed by atoms with E-state index < -0.39 is 0 Å². The predicted molar refractivity (Wildman–Crippen MR) is 101 cm³/mol. The van der Waals surface area contributed by atoms with Gasteiger partial charge in [-0.3, -0.25) is 9.59 Å². The van der Waals surface area contributed by atoms with Crippen LogP contribution < -0.4 is 10.6 Å². The number of hydrogen-bond donors (Lipinski definition) is 2. The summed E-state index contributed by atoms with van der Waals surface area (Å²) in [5.41, 5.74) is 2.37. The highest BCUT2D eigenvalue weighted by Crippen LogP contribution is 2.32. The molecule has 132 valence electrons. The summed E-state index contributed by atoms with van der Waals surface area (Å²) in [7, 11) is 0. The molecule has 0 fully saturated rings. The summed E-state index contributed by atoms with van der Waals surface area (Å²) < 4.78 is 13.0. The molecule has 0 aliphatic rings. The Morgan fingerprint density at radius 1 is 1.00 bits per heavy atom. The van der Waals surface area contributed by atoms with Gasteiger partial charge in [-0.1, -0.05) is 19.1 Å². The van der Waals surface area contributed by atoms with E-state index >= 15 is 0 Å². The molecule has 6 heteroatoms. The van der Waals surface area contributed by atoms with Crippen LogP contribution >= 0.6 is 11.8 Å². The van der Waals surface area contributed by atoms with Crippen LogP contribution in [0.1, 0.15) is 31.1 Å². The fourth-order valence-electron chi connectivity index (χ4n) is 2.34. The zero-order valence-corrected chi connectivity index (χ0v) is 15.0. The van der Waals surface area contributed by atoms with Gasteiger partial charge in [0.15, 0.2) is 0 Å². The molecule has 0 heterocycles. The lowest BCUT2D eigenvalue weighted by molar-refractivity contribution is -0.114. The van der Waals surface area contributed by atoms with Crippen molar-refractivity contribution in [2.75, 3.05) is 16.4 Å². The third kappa shape index (κ3) is 6.23. The number of amides is 2. The third-order valence-corrected chi connectivity index (χ3v) is 4.95. The van der Waals surface area contributed by atoms with Crippen molar-refractivity contribution in [3.05, 3.63) is 59.9 Å². The smallest absolute Gasteiger partial charge is 0.234 e. The van der Waals surface area contributed by atoms with Gasteiger partial charge in [0.2, 0.25) is 11.8 Å². The fraction of sp³-hybridized carbons (Fsp3) is 0.263. The maximum Gasteiger partial charge on any atom is 0.234 e. The van der Waals surface area contributed by atoms with Crippen LogP contribution in [-0.2, 0) is 9.59 Å². The largest absolute Gasteiger partial charge is 0.326 e. The summed E-state index contributed by atoms with van der Waals surface area (Å²) in [6, 6.07) is 13.3. The first-order valence-electron chi connectivity index (χ1n) is 8.02. The number of nitrogens with one attached hydrogen (secondary N) is 2. The quantitative estimate of drug-likeness (QED) is 0.758. The normalized spacial score (nSPS) is 11.6. The number of rotatable bonds is 7. The van der Waals surface area contributed by atoms with E-state index in [1.54, 1.807) is 36.4 Å². The minimum Gasteiger partial charge on any atom is -0.326 e. The average molecular weight is 360 g/mol. The number of carbonyl (C=O) groups excluding carboxylic acids is 2. The number of anilines is 2. The molecule has 2 amide bonds. The summed E-state index contributed by atoms with van der Waals surface area (Å²) >= 11 is 1.53. The summed E-state index contributed by atoms with van der Waals surface area (Å²) in [4.78, 5) is 23.1. The van der Waals surface area contributed by atoms with Crippen LogP contribution in [0.4, 0.5) is 15.8 Å². The highest BCUT2D eigenvalue weighted by atomic mass is 32.2. The maximum absolute atomic E-state index is 13.0. The molecule has 2 N–H and O–H groups in total. The molecule has 0 aromatic heterocycles. The highest BCUT2D eigenvalue weighted by molar-refractivity contribution is 8.00. The first-order chi connectivity index (χ1) is 12.0. The molecule has 0 aliphatic carbocycles. The van der Waals surface area contributed by atoms with Gasteiger partial charge in [-0.15, -0.1) is 11.8 Å². The third-order valence-electron chi connectivity index (χ3n) is 3.52. The lowest BCUT2D eigenvalue weighted by atomic mass is 10.1. The number of halogens is 1. The van der Waals surface area contributed by atoms with Crippen molar-refractivity contribution in [1.82, 2.24) is 0 Å². The topological polar surface area (TPSA) is 58.2 Å². The van der Waals surface area contributed by atoms with Gasteiger partial charge < -0.3 is 10.6 Å². The van der Waals surface area contributed by atoms with Crippen LogP contribution in [0.15, 0.2) is 48.5 Å². The van der Waals surface area contributed by atoms with E-state index in [1.807, 2.05) is 6.92 Å². The van der Waals surface area contributed by atoms with Gasteiger partial charge in [-0.2, -0.15) is 0 Å². The van der Waals surface area contributed by atoms with E-state index in [1.165, 1.54) is 30.8 Å². The zero-order valence-electron chi connectivity index (χ0n) is 14.2. The molecule has 0 aliphatic heterocycles.